The van der Waals surface area contributed by atoms with Crippen molar-refractivity contribution in [2.45, 2.75) is 26.3 Å². The molecular formula is C21H24BrN3O4S. The van der Waals surface area contributed by atoms with Gasteiger partial charge in [-0.3, -0.25) is 19.3 Å². The van der Waals surface area contributed by atoms with Gasteiger partial charge in [0.1, 0.15) is 6.54 Å². The molecule has 3 rings (SSSR count). The molecule has 7 nitrogen and oxygen atoms in total. The van der Waals surface area contributed by atoms with Crippen molar-refractivity contribution in [1.82, 2.24) is 14.8 Å². The van der Waals surface area contributed by atoms with E-state index in [1.165, 1.54) is 4.90 Å². The Morgan fingerprint density at radius 1 is 1.33 bits per heavy atom. The van der Waals surface area contributed by atoms with Crippen molar-refractivity contribution in [2.24, 2.45) is 0 Å². The first kappa shape index (κ1) is 22.6. The van der Waals surface area contributed by atoms with Crippen LogP contribution >= 0.6 is 27.7 Å². The number of methoxy groups -OCH3 is 1. The number of imide groups is 1. The van der Waals surface area contributed by atoms with Crippen LogP contribution in [-0.4, -0.2) is 53.3 Å². The molecule has 0 saturated carbocycles. The van der Waals surface area contributed by atoms with Crippen LogP contribution < -0.4 is 5.32 Å². The van der Waals surface area contributed by atoms with E-state index in [-0.39, 0.29) is 23.6 Å². The van der Waals surface area contributed by atoms with E-state index in [0.717, 1.165) is 45.5 Å². The summed E-state index contributed by atoms with van der Waals surface area (Å²) in [7, 11) is 1.58. The zero-order chi connectivity index (χ0) is 21.7. The minimum absolute atomic E-state index is 0.127. The van der Waals surface area contributed by atoms with Gasteiger partial charge in [0.05, 0.1) is 11.5 Å². The maximum absolute atomic E-state index is 12.7. The number of rotatable bonds is 9. The van der Waals surface area contributed by atoms with Crippen LogP contribution in [0.5, 0.6) is 0 Å². The number of hydrogen-bond acceptors (Lipinski definition) is 5. The number of benzene rings is 1. The Morgan fingerprint density at radius 3 is 2.87 bits per heavy atom. The van der Waals surface area contributed by atoms with E-state index < -0.39 is 0 Å². The predicted octanol–water partition coefficient (Wildman–Crippen LogP) is 4.00. The van der Waals surface area contributed by atoms with Crippen LogP contribution in [0, 0.1) is 0 Å². The lowest BCUT2D eigenvalue weighted by Crippen LogP contribution is -2.30. The number of fused-ring (bicyclic) bond motifs is 1. The smallest absolute Gasteiger partial charge is 0.293 e. The fourth-order valence-corrected chi connectivity index (χ4v) is 4.41. The van der Waals surface area contributed by atoms with Crippen molar-refractivity contribution in [2.75, 3.05) is 26.8 Å². The Balaban J connectivity index is 1.90. The van der Waals surface area contributed by atoms with Gasteiger partial charge in [-0.15, -0.1) is 0 Å². The summed E-state index contributed by atoms with van der Waals surface area (Å²) in [5.74, 6) is -0.384. The van der Waals surface area contributed by atoms with Gasteiger partial charge in [-0.05, 0) is 42.5 Å². The van der Waals surface area contributed by atoms with Crippen LogP contribution in [0.25, 0.3) is 17.0 Å². The minimum atomic E-state index is -0.258. The number of amides is 3. The molecule has 0 spiro atoms. The molecule has 0 radical (unpaired) electrons. The summed E-state index contributed by atoms with van der Waals surface area (Å²) in [5.41, 5.74) is 1.66. The number of aromatic nitrogens is 1. The number of carbonyl (C=O) groups excluding carboxylic acids is 3. The number of nitrogens with one attached hydrogen (secondary N) is 1. The van der Waals surface area contributed by atoms with Gasteiger partial charge in [0, 0.05) is 47.3 Å². The third-order valence-corrected chi connectivity index (χ3v) is 6.11. The minimum Gasteiger partial charge on any atom is -0.383 e. The second-order valence-corrected chi connectivity index (χ2v) is 8.81. The zero-order valence-corrected chi connectivity index (χ0v) is 19.3. The van der Waals surface area contributed by atoms with Crippen LogP contribution in [0.4, 0.5) is 4.79 Å². The van der Waals surface area contributed by atoms with E-state index >= 15 is 0 Å². The Bertz CT molecular complexity index is 1000. The van der Waals surface area contributed by atoms with Gasteiger partial charge in [-0.1, -0.05) is 29.3 Å². The maximum atomic E-state index is 12.7. The lowest BCUT2D eigenvalue weighted by atomic mass is 10.1. The fourth-order valence-electron chi connectivity index (χ4n) is 3.20. The molecule has 3 amide bonds. The lowest BCUT2D eigenvalue weighted by molar-refractivity contribution is -0.123. The summed E-state index contributed by atoms with van der Waals surface area (Å²) in [6, 6.07) is 5.78. The fraction of sp³-hybridized carbons (Fsp3) is 0.381. The average molecular weight is 494 g/mol. The first-order valence-electron chi connectivity index (χ1n) is 9.74. The first-order valence-corrected chi connectivity index (χ1v) is 11.3. The van der Waals surface area contributed by atoms with Gasteiger partial charge >= 0.3 is 0 Å². The molecule has 0 unspecified atom stereocenters. The van der Waals surface area contributed by atoms with Gasteiger partial charge in [0.15, 0.2) is 0 Å². The van der Waals surface area contributed by atoms with Gasteiger partial charge in [0.25, 0.3) is 11.1 Å². The summed E-state index contributed by atoms with van der Waals surface area (Å²) >= 11 is 4.44. The SMILES string of the molecule is CCCCN1C(=O)S/C(=C\c2cn(CC(=O)NCCOC)c3ccc(Br)cc23)C1=O. The molecule has 30 heavy (non-hydrogen) atoms. The van der Waals surface area contributed by atoms with Crippen LogP contribution in [0.15, 0.2) is 33.8 Å². The molecule has 1 fully saturated rings. The van der Waals surface area contributed by atoms with Crippen molar-refractivity contribution < 1.29 is 19.1 Å². The van der Waals surface area contributed by atoms with E-state index in [1.54, 1.807) is 13.2 Å². The number of carbonyl (C=O) groups is 3. The number of hydrogen-bond donors (Lipinski definition) is 1. The molecule has 0 atom stereocenters. The van der Waals surface area contributed by atoms with E-state index in [4.69, 9.17) is 4.74 Å². The van der Waals surface area contributed by atoms with Crippen molar-refractivity contribution in [1.29, 1.82) is 0 Å². The molecule has 1 aliphatic heterocycles. The molecule has 160 valence electrons. The highest BCUT2D eigenvalue weighted by molar-refractivity contribution is 9.10. The van der Waals surface area contributed by atoms with E-state index in [0.29, 0.717) is 24.6 Å². The standard InChI is InChI=1S/C21H24BrN3O4S/c1-3-4-8-25-20(27)18(30-21(25)28)10-14-12-24(13-19(26)23-7-9-29-2)17-6-5-15(22)11-16(14)17/h5-6,10-12H,3-4,7-9,13H2,1-2H3,(H,23,26)/b18-10-. The maximum Gasteiger partial charge on any atom is 0.293 e. The van der Waals surface area contributed by atoms with E-state index in [9.17, 15) is 14.4 Å². The largest absolute Gasteiger partial charge is 0.383 e. The van der Waals surface area contributed by atoms with E-state index in [1.807, 2.05) is 35.9 Å². The number of ether oxygens (including phenoxy) is 1. The molecule has 2 heterocycles. The summed E-state index contributed by atoms with van der Waals surface area (Å²) in [6.07, 6.45) is 5.28. The van der Waals surface area contributed by atoms with Crippen molar-refractivity contribution >= 4 is 61.7 Å². The molecule has 1 N–H and O–H groups in total. The molecule has 0 bridgehead atoms. The van der Waals surface area contributed by atoms with Crippen molar-refractivity contribution in [3.05, 3.63) is 39.3 Å². The Labute approximate surface area is 187 Å². The molecule has 1 aromatic carbocycles. The molecular weight excluding hydrogens is 470 g/mol. The highest BCUT2D eigenvalue weighted by Gasteiger charge is 2.34. The van der Waals surface area contributed by atoms with Crippen molar-refractivity contribution in [3.8, 4) is 0 Å². The Kier molecular flexibility index (Phi) is 7.74. The summed E-state index contributed by atoms with van der Waals surface area (Å²) in [6.45, 7) is 3.50. The molecule has 2 aromatic rings. The van der Waals surface area contributed by atoms with Gasteiger partial charge in [0.2, 0.25) is 5.91 Å². The third kappa shape index (κ3) is 5.14. The lowest BCUT2D eigenvalue weighted by Gasteiger charge is -2.10. The van der Waals surface area contributed by atoms with E-state index in [2.05, 4.69) is 21.2 Å². The molecule has 1 aromatic heterocycles. The normalized spacial score (nSPS) is 15.6. The summed E-state index contributed by atoms with van der Waals surface area (Å²) < 4.78 is 7.69. The monoisotopic (exact) mass is 493 g/mol. The first-order chi connectivity index (χ1) is 14.4. The van der Waals surface area contributed by atoms with Crippen LogP contribution in [-0.2, 0) is 20.9 Å². The number of nitrogens with zero attached hydrogens (tertiary/aromatic N) is 2. The van der Waals surface area contributed by atoms with Crippen LogP contribution in [0.3, 0.4) is 0 Å². The van der Waals surface area contributed by atoms with Crippen LogP contribution in [0.2, 0.25) is 0 Å². The summed E-state index contributed by atoms with van der Waals surface area (Å²) in [4.78, 5) is 38.9. The highest BCUT2D eigenvalue weighted by Crippen LogP contribution is 2.35. The second-order valence-electron chi connectivity index (χ2n) is 6.90. The third-order valence-electron chi connectivity index (χ3n) is 4.71. The Morgan fingerprint density at radius 2 is 2.13 bits per heavy atom. The predicted molar refractivity (Wildman–Crippen MR) is 122 cm³/mol. The molecule has 0 aliphatic carbocycles. The molecule has 1 aliphatic rings. The number of unbranched alkanes of at least 4 members (excludes halogenated alkanes) is 1. The zero-order valence-electron chi connectivity index (χ0n) is 16.9. The quantitative estimate of drug-likeness (QED) is 0.421. The van der Waals surface area contributed by atoms with Crippen LogP contribution in [0.1, 0.15) is 25.3 Å². The van der Waals surface area contributed by atoms with Gasteiger partial charge < -0.3 is 14.6 Å². The molecule has 9 heteroatoms. The summed E-state index contributed by atoms with van der Waals surface area (Å²) in [5, 5.41) is 3.47. The Hall–Kier alpha value is -2.10. The second kappa shape index (κ2) is 10.3. The highest BCUT2D eigenvalue weighted by atomic mass is 79.9. The average Bonchev–Trinajstić information content (AvgIpc) is 3.17. The molecule has 1 saturated heterocycles. The van der Waals surface area contributed by atoms with Crippen molar-refractivity contribution in [3.63, 3.8) is 0 Å². The topological polar surface area (TPSA) is 80.6 Å². The van der Waals surface area contributed by atoms with Gasteiger partial charge in [-0.25, -0.2) is 0 Å². The van der Waals surface area contributed by atoms with Gasteiger partial charge in [-0.2, -0.15) is 0 Å². The number of thioether (sulfide) groups is 1. The number of halogens is 1.